The van der Waals surface area contributed by atoms with E-state index in [9.17, 15) is 14.4 Å². The topological polar surface area (TPSA) is 60.4 Å². The Morgan fingerprint density at radius 3 is 2.44 bits per heavy atom. The molecular weight excluding hydrogens is 340 g/mol. The first-order valence-corrected chi connectivity index (χ1v) is 10.6. The van der Waals surface area contributed by atoms with Crippen LogP contribution in [0.2, 0.25) is 0 Å². The van der Waals surface area contributed by atoms with E-state index in [1.54, 1.807) is 6.92 Å². The number of esters is 1. The Morgan fingerprint density at radius 2 is 1.78 bits per heavy atom. The lowest BCUT2D eigenvalue weighted by Gasteiger charge is -2.56. The van der Waals surface area contributed by atoms with Crippen LogP contribution in [0.5, 0.6) is 0 Å². The number of carbonyl (C=O) groups is 3. The van der Waals surface area contributed by atoms with Gasteiger partial charge in [-0.15, -0.1) is 0 Å². The van der Waals surface area contributed by atoms with Crippen molar-refractivity contribution in [2.75, 3.05) is 0 Å². The third kappa shape index (κ3) is 2.51. The Morgan fingerprint density at radius 1 is 1.04 bits per heavy atom. The molecule has 0 heterocycles. The molecule has 0 bridgehead atoms. The third-order valence-corrected chi connectivity index (χ3v) is 8.72. The van der Waals surface area contributed by atoms with E-state index >= 15 is 0 Å². The molecule has 148 valence electrons. The van der Waals surface area contributed by atoms with E-state index in [1.165, 1.54) is 6.92 Å². The lowest BCUT2D eigenvalue weighted by atomic mass is 9.49. The molecule has 0 saturated heterocycles. The molecule has 0 aromatic carbocycles. The number of carbonyl (C=O) groups excluding carboxylic acids is 3. The van der Waals surface area contributed by atoms with Crippen molar-refractivity contribution in [1.82, 2.24) is 0 Å². The normalized spacial score (nSPS) is 46.3. The first kappa shape index (κ1) is 18.9. The maximum Gasteiger partial charge on any atom is 0.303 e. The minimum atomic E-state index is -1.16. The van der Waals surface area contributed by atoms with Gasteiger partial charge in [-0.3, -0.25) is 14.4 Å². The van der Waals surface area contributed by atoms with Crippen LogP contribution >= 0.6 is 0 Å². The van der Waals surface area contributed by atoms with Gasteiger partial charge in [0.15, 0.2) is 11.4 Å². The molecular formula is C23H32O4. The van der Waals surface area contributed by atoms with E-state index in [2.05, 4.69) is 13.5 Å². The van der Waals surface area contributed by atoms with Crippen LogP contribution in [0.3, 0.4) is 0 Å². The average molecular weight is 373 g/mol. The van der Waals surface area contributed by atoms with E-state index in [0.29, 0.717) is 35.4 Å². The predicted octanol–water partition coefficient (Wildman–Crippen LogP) is 4.27. The van der Waals surface area contributed by atoms with Crippen LogP contribution in [0.1, 0.15) is 72.1 Å². The zero-order chi connectivity index (χ0) is 19.6. The van der Waals surface area contributed by atoms with Crippen molar-refractivity contribution in [2.24, 2.45) is 35.0 Å². The molecule has 27 heavy (non-hydrogen) atoms. The first-order chi connectivity index (χ1) is 12.7. The number of rotatable bonds is 2. The number of hydrogen-bond acceptors (Lipinski definition) is 4. The summed E-state index contributed by atoms with van der Waals surface area (Å²) in [6.07, 6.45) is 7.53. The van der Waals surface area contributed by atoms with Gasteiger partial charge < -0.3 is 4.74 Å². The van der Waals surface area contributed by atoms with Crippen molar-refractivity contribution in [1.29, 1.82) is 0 Å². The molecule has 4 saturated carbocycles. The molecule has 4 aliphatic carbocycles. The van der Waals surface area contributed by atoms with Gasteiger partial charge in [-0.2, -0.15) is 0 Å². The van der Waals surface area contributed by atoms with Crippen molar-refractivity contribution in [3.05, 3.63) is 12.2 Å². The molecule has 0 aromatic heterocycles. The Hall–Kier alpha value is -1.45. The second-order valence-electron chi connectivity index (χ2n) is 9.81. The van der Waals surface area contributed by atoms with E-state index in [0.717, 1.165) is 56.9 Å². The highest BCUT2D eigenvalue weighted by Crippen LogP contribution is 2.67. The van der Waals surface area contributed by atoms with Crippen molar-refractivity contribution in [2.45, 2.75) is 77.7 Å². The van der Waals surface area contributed by atoms with Gasteiger partial charge in [0.2, 0.25) is 0 Å². The number of ether oxygens (including phenoxy) is 1. The average Bonchev–Trinajstić information content (AvgIpc) is 2.82. The molecule has 4 aliphatic rings. The standard InChI is InChI=1S/C23H32O4/c1-13-11-21-20-7-5-16-12-17(26)6-8-18(16)19(20)9-10-22(21,4)23(13,14(2)24)27-15(3)25/h16,18-21H,1,5-12H2,2-4H3/t16?,18?,19-,20-,21+,22+,23+/m1/s1. The smallest absolute Gasteiger partial charge is 0.303 e. The van der Waals surface area contributed by atoms with E-state index in [4.69, 9.17) is 4.74 Å². The molecule has 4 rings (SSSR count). The SMILES string of the molecule is C=C1C[C@H]2[C@@H]3CCC4CC(=O)CCC4[C@H]3CC[C@]2(C)[C@@]1(OC(C)=O)C(C)=O. The molecule has 7 atom stereocenters. The lowest BCUT2D eigenvalue weighted by molar-refractivity contribution is -0.182. The van der Waals surface area contributed by atoms with Crippen molar-refractivity contribution in [3.8, 4) is 0 Å². The highest BCUT2D eigenvalue weighted by molar-refractivity contribution is 5.92. The molecule has 4 nitrogen and oxygen atoms in total. The first-order valence-electron chi connectivity index (χ1n) is 10.6. The van der Waals surface area contributed by atoms with Crippen LogP contribution in [0.25, 0.3) is 0 Å². The van der Waals surface area contributed by atoms with Crippen LogP contribution in [-0.4, -0.2) is 23.1 Å². The maximum absolute atomic E-state index is 12.8. The lowest BCUT2D eigenvalue weighted by Crippen LogP contribution is -2.58. The molecule has 4 heteroatoms. The molecule has 0 aliphatic heterocycles. The van der Waals surface area contributed by atoms with Crippen LogP contribution in [0.15, 0.2) is 12.2 Å². The van der Waals surface area contributed by atoms with Gasteiger partial charge in [-0.25, -0.2) is 0 Å². The zero-order valence-electron chi connectivity index (χ0n) is 16.9. The van der Waals surface area contributed by atoms with Gasteiger partial charge in [-0.1, -0.05) is 13.5 Å². The molecule has 4 fully saturated rings. The second-order valence-corrected chi connectivity index (χ2v) is 9.81. The Kier molecular flexibility index (Phi) is 4.40. The van der Waals surface area contributed by atoms with Gasteiger partial charge in [0.05, 0.1) is 0 Å². The van der Waals surface area contributed by atoms with Crippen LogP contribution in [0.4, 0.5) is 0 Å². The molecule has 0 radical (unpaired) electrons. The fourth-order valence-electron chi connectivity index (χ4n) is 7.73. The van der Waals surface area contributed by atoms with Crippen LogP contribution in [0, 0.1) is 35.0 Å². The van der Waals surface area contributed by atoms with Gasteiger partial charge >= 0.3 is 5.97 Å². The largest absolute Gasteiger partial charge is 0.446 e. The van der Waals surface area contributed by atoms with E-state index in [-0.39, 0.29) is 11.2 Å². The summed E-state index contributed by atoms with van der Waals surface area (Å²) in [6, 6.07) is 0. The minimum Gasteiger partial charge on any atom is -0.446 e. The van der Waals surface area contributed by atoms with Crippen LogP contribution in [-0.2, 0) is 19.1 Å². The van der Waals surface area contributed by atoms with Crippen LogP contribution < -0.4 is 0 Å². The summed E-state index contributed by atoms with van der Waals surface area (Å²) >= 11 is 0. The summed E-state index contributed by atoms with van der Waals surface area (Å²) in [5.74, 6) is 2.70. The van der Waals surface area contributed by atoms with Crippen molar-refractivity contribution in [3.63, 3.8) is 0 Å². The molecule has 0 N–H and O–H groups in total. The molecule has 2 unspecified atom stereocenters. The van der Waals surface area contributed by atoms with E-state index < -0.39 is 11.6 Å². The van der Waals surface area contributed by atoms with Gasteiger partial charge in [-0.05, 0) is 80.6 Å². The second kappa shape index (κ2) is 6.28. The predicted molar refractivity (Wildman–Crippen MR) is 102 cm³/mol. The Balaban J connectivity index is 1.68. The van der Waals surface area contributed by atoms with Gasteiger partial charge in [0.25, 0.3) is 0 Å². The molecule has 0 spiro atoms. The summed E-state index contributed by atoms with van der Waals surface area (Å²) in [6.45, 7) is 9.34. The van der Waals surface area contributed by atoms with E-state index in [1.807, 2.05) is 0 Å². The van der Waals surface area contributed by atoms with Crippen molar-refractivity contribution >= 4 is 17.5 Å². The van der Waals surface area contributed by atoms with Crippen molar-refractivity contribution < 1.29 is 19.1 Å². The summed E-state index contributed by atoms with van der Waals surface area (Å²) in [7, 11) is 0. The Bertz CT molecular complexity index is 709. The number of hydrogen-bond donors (Lipinski definition) is 0. The monoisotopic (exact) mass is 372 g/mol. The van der Waals surface area contributed by atoms with Gasteiger partial charge in [0, 0.05) is 25.2 Å². The Labute approximate surface area is 162 Å². The fourth-order valence-corrected chi connectivity index (χ4v) is 7.73. The summed E-state index contributed by atoms with van der Waals surface area (Å²) in [5.41, 5.74) is -0.729. The molecule has 0 aromatic rings. The zero-order valence-corrected chi connectivity index (χ0v) is 16.9. The number of Topliss-reactive ketones (excluding diaryl/α,β-unsaturated/α-hetero) is 2. The molecule has 0 amide bonds. The van der Waals surface area contributed by atoms with Gasteiger partial charge in [0.1, 0.15) is 5.78 Å². The fraction of sp³-hybridized carbons (Fsp3) is 0.783. The quantitative estimate of drug-likeness (QED) is 0.537. The third-order valence-electron chi connectivity index (χ3n) is 8.72. The highest BCUT2D eigenvalue weighted by Gasteiger charge is 2.68. The highest BCUT2D eigenvalue weighted by atomic mass is 16.6. The maximum atomic E-state index is 12.8. The summed E-state index contributed by atoms with van der Waals surface area (Å²) in [5, 5.41) is 0. The summed E-state index contributed by atoms with van der Waals surface area (Å²) in [4.78, 5) is 36.7. The summed E-state index contributed by atoms with van der Waals surface area (Å²) < 4.78 is 5.81. The number of fused-ring (bicyclic) bond motifs is 5. The minimum absolute atomic E-state index is 0.0805. The number of ketones is 2.